The number of rotatable bonds is 6. The van der Waals surface area contributed by atoms with Crippen LogP contribution in [0, 0.1) is 5.92 Å². The van der Waals surface area contributed by atoms with Gasteiger partial charge in [-0.1, -0.05) is 6.92 Å². The predicted molar refractivity (Wildman–Crippen MR) is 120 cm³/mol. The van der Waals surface area contributed by atoms with Gasteiger partial charge in [-0.3, -0.25) is 4.90 Å². The first-order chi connectivity index (χ1) is 14.5. The zero-order chi connectivity index (χ0) is 21.1. The van der Waals surface area contributed by atoms with Gasteiger partial charge in [-0.2, -0.15) is 17.0 Å². The number of hydrogen-bond donors (Lipinski definition) is 0. The Morgan fingerprint density at radius 2 is 1.67 bits per heavy atom. The normalized spacial score (nSPS) is 20.5. The first-order valence-corrected chi connectivity index (χ1v) is 12.8. The highest BCUT2D eigenvalue weighted by Gasteiger charge is 2.34. The highest BCUT2D eigenvalue weighted by molar-refractivity contribution is 7.86. The molecule has 3 heterocycles. The third kappa shape index (κ3) is 4.86. The van der Waals surface area contributed by atoms with Crippen LogP contribution in [0.1, 0.15) is 25.5 Å². The molecule has 1 aromatic heterocycles. The molecule has 0 unspecified atom stereocenters. The second-order valence-corrected chi connectivity index (χ2v) is 10.9. The van der Waals surface area contributed by atoms with Gasteiger partial charge in [0.15, 0.2) is 0 Å². The lowest BCUT2D eigenvalue weighted by molar-refractivity contribution is 0.169. The molecule has 0 N–H and O–H groups in total. The van der Waals surface area contributed by atoms with E-state index in [1.807, 2.05) is 24.3 Å². The average molecular weight is 451 g/mol. The van der Waals surface area contributed by atoms with Gasteiger partial charge in [0.05, 0.1) is 12.8 Å². The fourth-order valence-corrected chi connectivity index (χ4v) is 6.41. The lowest BCUT2D eigenvalue weighted by atomic mass is 10.0. The molecule has 2 aliphatic heterocycles. The van der Waals surface area contributed by atoms with E-state index in [4.69, 9.17) is 9.72 Å². The van der Waals surface area contributed by atoms with Gasteiger partial charge < -0.3 is 4.74 Å². The van der Waals surface area contributed by atoms with Crippen molar-refractivity contribution < 1.29 is 13.2 Å². The van der Waals surface area contributed by atoms with E-state index in [9.17, 15) is 8.42 Å². The van der Waals surface area contributed by atoms with Crippen LogP contribution in [0.15, 0.2) is 29.6 Å². The Hall–Kier alpha value is -1.52. The zero-order valence-corrected chi connectivity index (χ0v) is 19.3. The lowest BCUT2D eigenvalue weighted by Crippen LogP contribution is -2.54. The van der Waals surface area contributed by atoms with Crippen LogP contribution in [0.5, 0.6) is 5.75 Å². The van der Waals surface area contributed by atoms with E-state index < -0.39 is 10.2 Å². The van der Waals surface area contributed by atoms with E-state index in [0.717, 1.165) is 54.5 Å². The van der Waals surface area contributed by atoms with Crippen LogP contribution in [-0.2, 0) is 16.8 Å². The molecule has 0 aliphatic carbocycles. The zero-order valence-electron chi connectivity index (χ0n) is 17.7. The minimum absolute atomic E-state index is 0.545. The molecule has 164 valence electrons. The maximum atomic E-state index is 12.9. The van der Waals surface area contributed by atoms with Crippen molar-refractivity contribution in [3.05, 3.63) is 35.3 Å². The summed E-state index contributed by atoms with van der Waals surface area (Å²) >= 11 is 1.64. The number of nitrogens with zero attached hydrogens (tertiary/aromatic N) is 4. The van der Waals surface area contributed by atoms with Gasteiger partial charge >= 0.3 is 0 Å². The fraction of sp³-hybridized carbons (Fsp3) is 0.571. The molecular weight excluding hydrogens is 420 g/mol. The summed E-state index contributed by atoms with van der Waals surface area (Å²) in [6, 6.07) is 7.93. The molecule has 2 aromatic rings. The standard InChI is InChI=1S/C21H30N4O3S2/c1-17-7-9-24(10-8-17)30(26,27)25-13-11-23(12-14-25)15-19-16-29-21(22-19)18-3-5-20(28-2)6-4-18/h3-6,16-17H,7-15H2,1-2H3. The maximum absolute atomic E-state index is 12.9. The summed E-state index contributed by atoms with van der Waals surface area (Å²) in [5.74, 6) is 1.46. The molecule has 0 saturated carbocycles. The summed E-state index contributed by atoms with van der Waals surface area (Å²) in [4.78, 5) is 7.06. The largest absolute Gasteiger partial charge is 0.497 e. The van der Waals surface area contributed by atoms with Crippen molar-refractivity contribution in [3.8, 4) is 16.3 Å². The van der Waals surface area contributed by atoms with Gasteiger partial charge in [0.2, 0.25) is 0 Å². The Bertz CT molecular complexity index is 929. The number of methoxy groups -OCH3 is 1. The molecule has 2 saturated heterocycles. The summed E-state index contributed by atoms with van der Waals surface area (Å²) < 4.78 is 34.4. The molecule has 0 amide bonds. The second kappa shape index (κ2) is 9.32. The lowest BCUT2D eigenvalue weighted by Gasteiger charge is -2.38. The molecule has 4 rings (SSSR count). The minimum atomic E-state index is -3.33. The van der Waals surface area contributed by atoms with Crippen LogP contribution in [0.3, 0.4) is 0 Å². The molecule has 7 nitrogen and oxygen atoms in total. The molecular formula is C21H30N4O3S2. The van der Waals surface area contributed by atoms with Crippen LogP contribution in [0.2, 0.25) is 0 Å². The highest BCUT2D eigenvalue weighted by Crippen LogP contribution is 2.27. The Morgan fingerprint density at radius 1 is 1.03 bits per heavy atom. The van der Waals surface area contributed by atoms with Crippen LogP contribution >= 0.6 is 11.3 Å². The van der Waals surface area contributed by atoms with Crippen LogP contribution in [-0.4, -0.2) is 73.3 Å². The van der Waals surface area contributed by atoms with Crippen molar-refractivity contribution in [3.63, 3.8) is 0 Å². The molecule has 2 aliphatic rings. The summed E-state index contributed by atoms with van der Waals surface area (Å²) in [6.07, 6.45) is 1.92. The Labute approximate surface area is 183 Å². The second-order valence-electron chi connectivity index (χ2n) is 8.14. The SMILES string of the molecule is COc1ccc(-c2nc(CN3CCN(S(=O)(=O)N4CCC(C)CC4)CC3)cs2)cc1. The number of ether oxygens (including phenoxy) is 1. The van der Waals surface area contributed by atoms with Crippen molar-refractivity contribution >= 4 is 21.5 Å². The monoisotopic (exact) mass is 450 g/mol. The van der Waals surface area contributed by atoms with E-state index in [1.165, 1.54) is 0 Å². The number of hydrogen-bond acceptors (Lipinski definition) is 6. The predicted octanol–water partition coefficient (Wildman–Crippen LogP) is 2.91. The number of piperazine rings is 1. The molecule has 0 atom stereocenters. The molecule has 0 spiro atoms. The number of piperidine rings is 1. The number of benzene rings is 1. The molecule has 30 heavy (non-hydrogen) atoms. The van der Waals surface area contributed by atoms with E-state index in [1.54, 1.807) is 27.1 Å². The van der Waals surface area contributed by atoms with Crippen LogP contribution in [0.25, 0.3) is 10.6 Å². The molecule has 1 aromatic carbocycles. The Morgan fingerprint density at radius 3 is 2.30 bits per heavy atom. The van der Waals surface area contributed by atoms with Gasteiger partial charge in [-0.05, 0) is 43.0 Å². The van der Waals surface area contributed by atoms with Gasteiger partial charge in [0.1, 0.15) is 10.8 Å². The van der Waals surface area contributed by atoms with Crippen LogP contribution in [0.4, 0.5) is 0 Å². The van der Waals surface area contributed by atoms with Crippen molar-refractivity contribution in [2.24, 2.45) is 5.92 Å². The summed E-state index contributed by atoms with van der Waals surface area (Å²) in [7, 11) is -1.67. The minimum Gasteiger partial charge on any atom is -0.497 e. The first-order valence-electron chi connectivity index (χ1n) is 10.5. The number of aromatic nitrogens is 1. The highest BCUT2D eigenvalue weighted by atomic mass is 32.2. The molecule has 2 fully saturated rings. The van der Waals surface area contributed by atoms with Crippen molar-refractivity contribution in [1.29, 1.82) is 0 Å². The fourth-order valence-electron chi connectivity index (χ4n) is 3.97. The molecule has 0 radical (unpaired) electrons. The Kier molecular flexibility index (Phi) is 6.74. The van der Waals surface area contributed by atoms with E-state index >= 15 is 0 Å². The third-order valence-electron chi connectivity index (χ3n) is 6.00. The first kappa shape index (κ1) is 21.7. The molecule has 9 heteroatoms. The van der Waals surface area contributed by atoms with E-state index in [2.05, 4.69) is 17.2 Å². The number of thiazole rings is 1. The van der Waals surface area contributed by atoms with Gasteiger partial charge in [-0.15, -0.1) is 11.3 Å². The van der Waals surface area contributed by atoms with E-state index in [0.29, 0.717) is 32.1 Å². The maximum Gasteiger partial charge on any atom is 0.282 e. The third-order valence-corrected chi connectivity index (χ3v) is 8.98. The van der Waals surface area contributed by atoms with Crippen molar-refractivity contribution in [1.82, 2.24) is 18.5 Å². The van der Waals surface area contributed by atoms with E-state index in [-0.39, 0.29) is 0 Å². The van der Waals surface area contributed by atoms with Gasteiger partial charge in [-0.25, -0.2) is 4.98 Å². The van der Waals surface area contributed by atoms with Crippen molar-refractivity contribution in [2.75, 3.05) is 46.4 Å². The van der Waals surface area contributed by atoms with Gasteiger partial charge in [0, 0.05) is 56.8 Å². The topological polar surface area (TPSA) is 66.0 Å². The quantitative estimate of drug-likeness (QED) is 0.677. The van der Waals surface area contributed by atoms with Crippen LogP contribution < -0.4 is 4.74 Å². The molecule has 0 bridgehead atoms. The van der Waals surface area contributed by atoms with Gasteiger partial charge in [0.25, 0.3) is 10.2 Å². The summed E-state index contributed by atoms with van der Waals surface area (Å²) in [6.45, 7) is 6.81. The summed E-state index contributed by atoms with van der Waals surface area (Å²) in [5, 5.41) is 3.09. The van der Waals surface area contributed by atoms with Crippen molar-refractivity contribution in [2.45, 2.75) is 26.3 Å². The Balaban J connectivity index is 1.31. The summed E-state index contributed by atoms with van der Waals surface area (Å²) in [5.41, 5.74) is 2.12. The smallest absolute Gasteiger partial charge is 0.282 e. The average Bonchev–Trinajstić information content (AvgIpc) is 3.23.